The minimum absolute atomic E-state index is 0.0835. The van der Waals surface area contributed by atoms with Crippen LogP contribution in [-0.4, -0.2) is 34.0 Å². The van der Waals surface area contributed by atoms with Crippen LogP contribution >= 0.6 is 0 Å². The molecule has 0 bridgehead atoms. The number of para-hydroxylation sites is 1. The third-order valence-electron chi connectivity index (χ3n) is 4.37. The van der Waals surface area contributed by atoms with Crippen molar-refractivity contribution in [3.05, 3.63) is 59.9 Å². The summed E-state index contributed by atoms with van der Waals surface area (Å²) in [6.07, 6.45) is 1.82. The van der Waals surface area contributed by atoms with Gasteiger partial charge in [0, 0.05) is 32.0 Å². The van der Waals surface area contributed by atoms with Gasteiger partial charge in [0.2, 0.25) is 5.89 Å². The average Bonchev–Trinajstić information content (AvgIpc) is 3.31. The molecule has 1 atom stereocenters. The summed E-state index contributed by atoms with van der Waals surface area (Å²) < 4.78 is 16.3. The first kappa shape index (κ1) is 16.4. The van der Waals surface area contributed by atoms with Gasteiger partial charge in [-0.2, -0.15) is 4.98 Å². The van der Waals surface area contributed by atoms with E-state index in [-0.39, 0.29) is 17.6 Å². The van der Waals surface area contributed by atoms with Gasteiger partial charge >= 0.3 is 0 Å². The summed E-state index contributed by atoms with van der Waals surface area (Å²) in [4.78, 5) is 18.8. The highest BCUT2D eigenvalue weighted by atomic mass is 16.6. The predicted octanol–water partition coefficient (Wildman–Crippen LogP) is 3.78. The second-order valence-electron chi connectivity index (χ2n) is 6.30. The maximum atomic E-state index is 12.8. The van der Waals surface area contributed by atoms with Crippen molar-refractivity contribution in [3.63, 3.8) is 0 Å². The van der Waals surface area contributed by atoms with Crippen LogP contribution in [-0.2, 0) is 0 Å². The summed E-state index contributed by atoms with van der Waals surface area (Å²) >= 11 is 0. The quantitative estimate of drug-likeness (QED) is 0.710. The fourth-order valence-electron chi connectivity index (χ4n) is 3.10. The second-order valence-corrected chi connectivity index (χ2v) is 6.30. The minimum Gasteiger partial charge on any atom is -0.426 e. The molecule has 0 radical (unpaired) electrons. The molecule has 1 aliphatic rings. The van der Waals surface area contributed by atoms with Crippen LogP contribution in [0.3, 0.4) is 0 Å². The van der Waals surface area contributed by atoms with E-state index in [0.717, 1.165) is 12.8 Å². The van der Waals surface area contributed by atoms with Crippen LogP contribution in [0.2, 0.25) is 0 Å². The number of aryl methyl sites for hydroxylation is 1. The molecular formula is C19H19N3O4. The summed E-state index contributed by atoms with van der Waals surface area (Å²) in [5, 5.41) is 3.99. The monoisotopic (exact) mass is 353 g/mol. The van der Waals surface area contributed by atoms with E-state index in [1.165, 1.54) is 0 Å². The molecule has 0 saturated carbocycles. The summed E-state index contributed by atoms with van der Waals surface area (Å²) in [7, 11) is 0. The molecule has 0 unspecified atom stereocenters. The van der Waals surface area contributed by atoms with Crippen molar-refractivity contribution < 1.29 is 18.5 Å². The van der Waals surface area contributed by atoms with E-state index in [1.54, 1.807) is 24.0 Å². The fourth-order valence-corrected chi connectivity index (χ4v) is 3.10. The Labute approximate surface area is 150 Å². The third-order valence-corrected chi connectivity index (χ3v) is 4.37. The highest BCUT2D eigenvalue weighted by Gasteiger charge is 2.29. The first-order valence-electron chi connectivity index (χ1n) is 8.61. The number of amides is 1. The van der Waals surface area contributed by atoms with E-state index in [2.05, 4.69) is 10.1 Å². The Morgan fingerprint density at radius 2 is 2.08 bits per heavy atom. The lowest BCUT2D eigenvalue weighted by Gasteiger charge is -2.30. The van der Waals surface area contributed by atoms with Crippen molar-refractivity contribution in [3.8, 4) is 11.7 Å². The van der Waals surface area contributed by atoms with Crippen molar-refractivity contribution in [2.24, 2.45) is 0 Å². The van der Waals surface area contributed by atoms with Gasteiger partial charge in [-0.05, 0) is 31.0 Å². The lowest BCUT2D eigenvalue weighted by molar-refractivity contribution is 0.0666. The second kappa shape index (κ2) is 7.03. The zero-order valence-electron chi connectivity index (χ0n) is 14.4. The Morgan fingerprint density at radius 1 is 1.23 bits per heavy atom. The molecule has 0 spiro atoms. The van der Waals surface area contributed by atoms with E-state index in [4.69, 9.17) is 13.7 Å². The molecule has 0 aliphatic carbocycles. The average molecular weight is 353 g/mol. The number of carbonyl (C=O) groups is 1. The standard InChI is InChI=1S/C19H19N3O4/c1-13-20-18(21-26-13)14-6-5-11-22(12-14)19(23)16-9-10-17(25-16)24-15-7-3-2-4-8-15/h2-4,7-10,14H,5-6,11-12H2,1H3/t14-/m1/s1. The van der Waals surface area contributed by atoms with Gasteiger partial charge in [0.15, 0.2) is 11.6 Å². The number of furan rings is 1. The number of ether oxygens (including phenoxy) is 1. The van der Waals surface area contributed by atoms with E-state index in [1.807, 2.05) is 30.3 Å². The smallest absolute Gasteiger partial charge is 0.290 e. The molecule has 4 rings (SSSR count). The molecule has 1 fully saturated rings. The molecule has 2 aromatic heterocycles. The predicted molar refractivity (Wildman–Crippen MR) is 92.1 cm³/mol. The number of hydrogen-bond donors (Lipinski definition) is 0. The zero-order chi connectivity index (χ0) is 17.9. The molecule has 3 heterocycles. The number of likely N-dealkylation sites (tertiary alicyclic amines) is 1. The van der Waals surface area contributed by atoms with Gasteiger partial charge in [-0.3, -0.25) is 4.79 Å². The molecule has 0 N–H and O–H groups in total. The van der Waals surface area contributed by atoms with Crippen LogP contribution < -0.4 is 4.74 Å². The van der Waals surface area contributed by atoms with Crippen LogP contribution in [0.1, 0.15) is 41.0 Å². The maximum Gasteiger partial charge on any atom is 0.290 e. The summed E-state index contributed by atoms with van der Waals surface area (Å²) in [6.45, 7) is 2.99. The van der Waals surface area contributed by atoms with Gasteiger partial charge in [-0.15, -0.1) is 0 Å². The van der Waals surface area contributed by atoms with E-state index < -0.39 is 0 Å². The van der Waals surface area contributed by atoms with Crippen molar-refractivity contribution >= 4 is 5.91 Å². The number of aromatic nitrogens is 2. The first-order chi connectivity index (χ1) is 12.7. The van der Waals surface area contributed by atoms with Crippen LogP contribution in [0.4, 0.5) is 0 Å². The highest BCUT2D eigenvalue weighted by Crippen LogP contribution is 2.28. The Morgan fingerprint density at radius 3 is 2.85 bits per heavy atom. The van der Waals surface area contributed by atoms with Crippen molar-refractivity contribution in [2.75, 3.05) is 13.1 Å². The van der Waals surface area contributed by atoms with Crippen LogP contribution in [0.15, 0.2) is 51.4 Å². The van der Waals surface area contributed by atoms with Crippen molar-refractivity contribution in [1.82, 2.24) is 15.0 Å². The summed E-state index contributed by atoms with van der Waals surface area (Å²) in [5.74, 6) is 2.34. The minimum atomic E-state index is -0.155. The first-order valence-corrected chi connectivity index (χ1v) is 8.61. The van der Waals surface area contributed by atoms with Gasteiger partial charge in [0.05, 0.1) is 0 Å². The van der Waals surface area contributed by atoms with Gasteiger partial charge in [-0.25, -0.2) is 0 Å². The van der Waals surface area contributed by atoms with Gasteiger partial charge in [0.25, 0.3) is 11.9 Å². The molecule has 1 aliphatic heterocycles. The largest absolute Gasteiger partial charge is 0.426 e. The molecule has 3 aromatic rings. The zero-order valence-corrected chi connectivity index (χ0v) is 14.4. The maximum absolute atomic E-state index is 12.8. The van der Waals surface area contributed by atoms with Crippen LogP contribution in [0.5, 0.6) is 11.7 Å². The molecule has 26 heavy (non-hydrogen) atoms. The Bertz CT molecular complexity index is 887. The highest BCUT2D eigenvalue weighted by molar-refractivity contribution is 5.91. The van der Waals surface area contributed by atoms with Gasteiger partial charge in [-0.1, -0.05) is 23.4 Å². The number of nitrogens with zero attached hydrogens (tertiary/aromatic N) is 3. The van der Waals surface area contributed by atoms with Crippen molar-refractivity contribution in [1.29, 1.82) is 0 Å². The number of rotatable bonds is 4. The van der Waals surface area contributed by atoms with Crippen LogP contribution in [0.25, 0.3) is 0 Å². The van der Waals surface area contributed by atoms with Crippen LogP contribution in [0, 0.1) is 6.92 Å². The van der Waals surface area contributed by atoms with Gasteiger partial charge < -0.3 is 18.6 Å². The van der Waals surface area contributed by atoms with E-state index in [9.17, 15) is 4.79 Å². The summed E-state index contributed by atoms with van der Waals surface area (Å²) in [6, 6.07) is 12.6. The topological polar surface area (TPSA) is 81.6 Å². The van der Waals surface area contributed by atoms with E-state index in [0.29, 0.717) is 36.5 Å². The van der Waals surface area contributed by atoms with Gasteiger partial charge in [0.1, 0.15) is 5.75 Å². The molecule has 7 nitrogen and oxygen atoms in total. The molecular weight excluding hydrogens is 334 g/mol. The Kier molecular flexibility index (Phi) is 4.43. The normalized spacial score (nSPS) is 17.3. The number of piperidine rings is 1. The number of hydrogen-bond acceptors (Lipinski definition) is 6. The Balaban J connectivity index is 1.44. The molecule has 7 heteroatoms. The van der Waals surface area contributed by atoms with Crippen molar-refractivity contribution in [2.45, 2.75) is 25.7 Å². The number of carbonyl (C=O) groups excluding carboxylic acids is 1. The lowest BCUT2D eigenvalue weighted by Crippen LogP contribution is -2.39. The SMILES string of the molecule is Cc1nc([C@@H]2CCCN(C(=O)c3ccc(Oc4ccccc4)o3)C2)no1. The molecule has 134 valence electrons. The lowest BCUT2D eigenvalue weighted by atomic mass is 9.97. The Hall–Kier alpha value is -3.09. The van der Waals surface area contributed by atoms with E-state index >= 15 is 0 Å². The molecule has 1 aromatic carbocycles. The fraction of sp³-hybridized carbons (Fsp3) is 0.316. The number of benzene rings is 1. The molecule has 1 amide bonds. The third kappa shape index (κ3) is 3.46. The summed E-state index contributed by atoms with van der Waals surface area (Å²) in [5.41, 5.74) is 0. The molecule has 1 saturated heterocycles.